The van der Waals surface area contributed by atoms with Crippen molar-refractivity contribution in [2.24, 2.45) is 5.73 Å². The topological polar surface area (TPSA) is 160 Å². The number of amides is 4. The zero-order valence-corrected chi connectivity index (χ0v) is 24.7. The smallest absolute Gasteiger partial charge is 0.312 e. The van der Waals surface area contributed by atoms with E-state index in [-0.39, 0.29) is 25.4 Å². The van der Waals surface area contributed by atoms with Crippen LogP contribution in [0.3, 0.4) is 0 Å². The Hall–Kier alpha value is -4.70. The van der Waals surface area contributed by atoms with Gasteiger partial charge in [-0.3, -0.25) is 14.4 Å². The van der Waals surface area contributed by atoms with Crippen LogP contribution in [0.15, 0.2) is 84.9 Å². The maximum Gasteiger partial charge on any atom is 0.312 e. The molecule has 0 aliphatic carbocycles. The van der Waals surface area contributed by atoms with Gasteiger partial charge in [0.25, 0.3) is 5.91 Å². The number of rotatable bonds is 13. The monoisotopic (exact) mass is 588 g/mol. The number of urea groups is 1. The Bertz CT molecular complexity index is 1370. The number of aliphatic hydroxyl groups excluding tert-OH is 1. The Morgan fingerprint density at radius 2 is 1.40 bits per heavy atom. The SMILES string of the molecule is CC(C)(C)NC(=O)c1ccccc1C[C@@H](O)[C@H](Cc1ccccc1)NC(=O)[C@@H](CC(=O)OCc1ccccc1)NC(N)=O. The predicted molar refractivity (Wildman–Crippen MR) is 163 cm³/mol. The number of carbonyl (C=O) groups is 4. The molecule has 3 aromatic carbocycles. The van der Waals surface area contributed by atoms with Crippen molar-refractivity contribution in [3.63, 3.8) is 0 Å². The average molecular weight is 589 g/mol. The molecule has 0 spiro atoms. The first-order valence-electron chi connectivity index (χ1n) is 14.1. The molecule has 10 heteroatoms. The molecule has 228 valence electrons. The summed E-state index contributed by atoms with van der Waals surface area (Å²) < 4.78 is 5.29. The van der Waals surface area contributed by atoms with Crippen molar-refractivity contribution in [3.8, 4) is 0 Å². The first kappa shape index (κ1) is 32.8. The summed E-state index contributed by atoms with van der Waals surface area (Å²) in [6.07, 6.45) is -1.30. The summed E-state index contributed by atoms with van der Waals surface area (Å²) in [5.41, 5.74) is 7.46. The van der Waals surface area contributed by atoms with E-state index in [0.29, 0.717) is 11.1 Å². The van der Waals surface area contributed by atoms with Crippen molar-refractivity contribution in [3.05, 3.63) is 107 Å². The van der Waals surface area contributed by atoms with Gasteiger partial charge in [0, 0.05) is 17.5 Å². The number of carbonyl (C=O) groups excluding carboxylic acids is 4. The minimum absolute atomic E-state index is 0.00211. The summed E-state index contributed by atoms with van der Waals surface area (Å²) in [4.78, 5) is 50.7. The molecule has 43 heavy (non-hydrogen) atoms. The molecule has 10 nitrogen and oxygen atoms in total. The highest BCUT2D eigenvalue weighted by Crippen LogP contribution is 2.17. The molecule has 0 saturated carbocycles. The number of benzene rings is 3. The zero-order chi connectivity index (χ0) is 31.4. The summed E-state index contributed by atoms with van der Waals surface area (Å²) in [6, 6.07) is 22.1. The Morgan fingerprint density at radius 1 is 0.814 bits per heavy atom. The Kier molecular flexibility index (Phi) is 11.8. The van der Waals surface area contributed by atoms with Crippen LogP contribution in [0.5, 0.6) is 0 Å². The molecular formula is C33H40N4O6. The lowest BCUT2D eigenvalue weighted by Gasteiger charge is -2.28. The summed E-state index contributed by atoms with van der Waals surface area (Å²) in [6.45, 7) is 5.63. The highest BCUT2D eigenvalue weighted by Gasteiger charge is 2.30. The fourth-order valence-corrected chi connectivity index (χ4v) is 4.47. The van der Waals surface area contributed by atoms with Gasteiger partial charge in [0.2, 0.25) is 5.91 Å². The molecule has 0 radical (unpaired) electrons. The summed E-state index contributed by atoms with van der Waals surface area (Å²) in [5, 5.41) is 19.4. The van der Waals surface area contributed by atoms with E-state index >= 15 is 0 Å². The van der Waals surface area contributed by atoms with E-state index < -0.39 is 48.1 Å². The van der Waals surface area contributed by atoms with Gasteiger partial charge in [0.15, 0.2) is 0 Å². The van der Waals surface area contributed by atoms with E-state index in [1.807, 2.05) is 69.3 Å². The first-order valence-corrected chi connectivity index (χ1v) is 14.1. The van der Waals surface area contributed by atoms with Crippen molar-refractivity contribution >= 4 is 23.8 Å². The average Bonchev–Trinajstić information content (AvgIpc) is 2.95. The van der Waals surface area contributed by atoms with Crippen LogP contribution in [0.25, 0.3) is 0 Å². The lowest BCUT2D eigenvalue weighted by atomic mass is 9.93. The predicted octanol–water partition coefficient (Wildman–Crippen LogP) is 3.02. The molecule has 3 aromatic rings. The molecule has 0 unspecified atom stereocenters. The molecule has 4 amide bonds. The fraction of sp³-hybridized carbons (Fsp3) is 0.333. The van der Waals surface area contributed by atoms with Gasteiger partial charge in [0.1, 0.15) is 12.6 Å². The molecule has 0 aliphatic heterocycles. The van der Waals surface area contributed by atoms with Crippen molar-refractivity contribution in [2.75, 3.05) is 0 Å². The third-order valence-corrected chi connectivity index (χ3v) is 6.52. The highest BCUT2D eigenvalue weighted by molar-refractivity contribution is 5.96. The molecule has 0 aromatic heterocycles. The standard InChI is InChI=1S/C33H40N4O6/c1-33(2,3)37-30(40)25-17-11-10-16-24(25)19-28(38)26(18-22-12-6-4-7-13-22)35-31(41)27(36-32(34)42)20-29(39)43-21-23-14-8-5-9-15-23/h4-17,26-28,38H,18-21H2,1-3H3,(H,35,41)(H,37,40)(H3,34,36,42)/t26-,27+,28+/m0/s1. The quantitative estimate of drug-likeness (QED) is 0.193. The second kappa shape index (κ2) is 15.5. The molecule has 0 fully saturated rings. The van der Waals surface area contributed by atoms with Crippen LogP contribution in [0.2, 0.25) is 0 Å². The normalized spacial score (nSPS) is 13.2. The highest BCUT2D eigenvalue weighted by atomic mass is 16.5. The van der Waals surface area contributed by atoms with Crippen molar-refractivity contribution in [1.82, 2.24) is 16.0 Å². The van der Waals surface area contributed by atoms with E-state index in [2.05, 4.69) is 16.0 Å². The van der Waals surface area contributed by atoms with E-state index in [9.17, 15) is 24.3 Å². The van der Waals surface area contributed by atoms with E-state index in [1.54, 1.807) is 36.4 Å². The van der Waals surface area contributed by atoms with Crippen LogP contribution >= 0.6 is 0 Å². The van der Waals surface area contributed by atoms with Gasteiger partial charge in [0.05, 0.1) is 18.6 Å². The molecular weight excluding hydrogens is 548 g/mol. The maximum absolute atomic E-state index is 13.4. The fourth-order valence-electron chi connectivity index (χ4n) is 4.47. The molecule has 3 rings (SSSR count). The molecule has 0 heterocycles. The van der Waals surface area contributed by atoms with E-state index in [4.69, 9.17) is 10.5 Å². The Labute approximate surface area is 252 Å². The van der Waals surface area contributed by atoms with Crippen LogP contribution in [-0.2, 0) is 33.8 Å². The second-order valence-electron chi connectivity index (χ2n) is 11.3. The molecule has 0 saturated heterocycles. The third kappa shape index (κ3) is 11.2. The van der Waals surface area contributed by atoms with Crippen molar-refractivity contribution < 1.29 is 29.0 Å². The Morgan fingerprint density at radius 3 is 2.00 bits per heavy atom. The summed E-state index contributed by atoms with van der Waals surface area (Å²) in [5.74, 6) is -1.70. The van der Waals surface area contributed by atoms with Crippen LogP contribution in [0.4, 0.5) is 4.79 Å². The van der Waals surface area contributed by atoms with Crippen LogP contribution in [-0.4, -0.2) is 52.6 Å². The number of ether oxygens (including phenoxy) is 1. The van der Waals surface area contributed by atoms with Gasteiger partial charge in [-0.15, -0.1) is 0 Å². The van der Waals surface area contributed by atoms with Gasteiger partial charge < -0.3 is 31.5 Å². The van der Waals surface area contributed by atoms with Gasteiger partial charge in [-0.2, -0.15) is 0 Å². The third-order valence-electron chi connectivity index (χ3n) is 6.52. The number of aliphatic hydroxyl groups is 1. The van der Waals surface area contributed by atoms with Gasteiger partial charge in [-0.05, 0) is 49.9 Å². The molecule has 3 atom stereocenters. The number of hydrogen-bond acceptors (Lipinski definition) is 6. The number of esters is 1. The van der Waals surface area contributed by atoms with Gasteiger partial charge in [-0.1, -0.05) is 78.9 Å². The first-order chi connectivity index (χ1) is 20.4. The van der Waals surface area contributed by atoms with Crippen LogP contribution in [0, 0.1) is 0 Å². The lowest BCUT2D eigenvalue weighted by Crippen LogP contribution is -2.55. The minimum Gasteiger partial charge on any atom is -0.461 e. The van der Waals surface area contributed by atoms with Crippen LogP contribution in [0.1, 0.15) is 54.2 Å². The zero-order valence-electron chi connectivity index (χ0n) is 24.7. The summed E-state index contributed by atoms with van der Waals surface area (Å²) >= 11 is 0. The molecule has 0 aliphatic rings. The number of primary amides is 1. The minimum atomic E-state index is -1.34. The van der Waals surface area contributed by atoms with Gasteiger partial charge >= 0.3 is 12.0 Å². The lowest BCUT2D eigenvalue weighted by molar-refractivity contribution is -0.147. The number of nitrogens with one attached hydrogen (secondary N) is 3. The molecule has 0 bridgehead atoms. The van der Waals surface area contributed by atoms with E-state index in [0.717, 1.165) is 11.1 Å². The Balaban J connectivity index is 1.78. The molecule has 6 N–H and O–H groups in total. The second-order valence-corrected chi connectivity index (χ2v) is 11.3. The summed E-state index contributed by atoms with van der Waals surface area (Å²) in [7, 11) is 0. The van der Waals surface area contributed by atoms with E-state index in [1.165, 1.54) is 0 Å². The maximum atomic E-state index is 13.4. The van der Waals surface area contributed by atoms with Gasteiger partial charge in [-0.25, -0.2) is 4.79 Å². The number of hydrogen-bond donors (Lipinski definition) is 5. The number of nitrogens with two attached hydrogens (primary N) is 1. The largest absolute Gasteiger partial charge is 0.461 e. The van der Waals surface area contributed by atoms with Crippen molar-refractivity contribution in [2.45, 2.75) is 70.4 Å². The van der Waals surface area contributed by atoms with Crippen LogP contribution < -0.4 is 21.7 Å². The van der Waals surface area contributed by atoms with Crippen molar-refractivity contribution in [1.29, 1.82) is 0 Å².